The molecule has 1 aromatic carbocycles. The van der Waals surface area contributed by atoms with Crippen molar-refractivity contribution in [2.45, 2.75) is 95.5 Å². The normalized spacial score (nSPS) is 28.0. The van der Waals surface area contributed by atoms with E-state index in [2.05, 4.69) is 21.2 Å². The lowest BCUT2D eigenvalue weighted by Crippen LogP contribution is -2.55. The van der Waals surface area contributed by atoms with Crippen molar-refractivity contribution in [1.29, 1.82) is 5.26 Å². The molecule has 4 fully saturated rings. The molecule has 3 saturated heterocycles. The summed E-state index contributed by atoms with van der Waals surface area (Å²) in [6, 6.07) is 6.31. The van der Waals surface area contributed by atoms with E-state index in [4.69, 9.17) is 4.74 Å². The van der Waals surface area contributed by atoms with Crippen LogP contribution in [0.25, 0.3) is 0 Å². The Balaban J connectivity index is 1.24. The smallest absolute Gasteiger partial charge is 0.411 e. The number of carbonyl (C=O) groups is 2. The Bertz CT molecular complexity index is 1100. The molecule has 3 aliphatic heterocycles. The fraction of sp³-hybridized carbons (Fsp3) is 0.690. The van der Waals surface area contributed by atoms with Gasteiger partial charge in [0.05, 0.1) is 6.07 Å². The summed E-state index contributed by atoms with van der Waals surface area (Å²) in [5, 5.41) is 12.6. The molecule has 8 nitrogen and oxygen atoms in total. The molecular weight excluding hydrogens is 485 g/mol. The molecule has 5 rings (SSSR count). The van der Waals surface area contributed by atoms with Crippen LogP contribution >= 0.6 is 0 Å². The van der Waals surface area contributed by atoms with Gasteiger partial charge in [0, 0.05) is 43.8 Å². The number of nitrogens with one attached hydrogen (secondary N) is 1. The lowest BCUT2D eigenvalue weighted by molar-refractivity contribution is -0.128. The van der Waals surface area contributed by atoms with Gasteiger partial charge in [-0.2, -0.15) is 5.26 Å². The third-order valence-electron chi connectivity index (χ3n) is 8.56. The van der Waals surface area contributed by atoms with Gasteiger partial charge < -0.3 is 15.0 Å². The number of hydrogen-bond acceptors (Lipinski definition) is 6. The van der Waals surface area contributed by atoms with Crippen molar-refractivity contribution in [2.75, 3.05) is 31.1 Å². The molecule has 3 heterocycles. The van der Waals surface area contributed by atoms with Gasteiger partial charge >= 0.3 is 6.09 Å². The van der Waals surface area contributed by atoms with Crippen LogP contribution in [0.3, 0.4) is 0 Å². The Labute approximate surface area is 225 Å². The number of nitriles is 1. The van der Waals surface area contributed by atoms with Crippen molar-refractivity contribution < 1.29 is 18.7 Å². The maximum atomic E-state index is 15.2. The lowest BCUT2D eigenvalue weighted by atomic mass is 9.97. The molecule has 1 N–H and O–H groups in total. The number of rotatable bonds is 5. The van der Waals surface area contributed by atoms with E-state index in [1.165, 1.54) is 12.8 Å². The molecule has 1 saturated carbocycles. The maximum Gasteiger partial charge on any atom is 0.411 e. The molecule has 0 aromatic heterocycles. The minimum atomic E-state index is -0.896. The van der Waals surface area contributed by atoms with E-state index >= 15 is 4.39 Å². The van der Waals surface area contributed by atoms with Gasteiger partial charge in [0.2, 0.25) is 5.91 Å². The first-order valence-corrected chi connectivity index (χ1v) is 14.1. The van der Waals surface area contributed by atoms with Crippen LogP contribution in [0.4, 0.5) is 14.9 Å². The molecule has 0 radical (unpaired) electrons. The van der Waals surface area contributed by atoms with Crippen LogP contribution in [0.1, 0.15) is 64.9 Å². The summed E-state index contributed by atoms with van der Waals surface area (Å²) >= 11 is 0. The van der Waals surface area contributed by atoms with Crippen LogP contribution in [0.5, 0.6) is 0 Å². The van der Waals surface area contributed by atoms with Gasteiger partial charge in [-0.05, 0) is 89.5 Å². The monoisotopic (exact) mass is 525 g/mol. The first-order valence-electron chi connectivity index (χ1n) is 14.1. The summed E-state index contributed by atoms with van der Waals surface area (Å²) in [5.41, 5.74) is 0.602. The number of ether oxygens (including phenoxy) is 1. The number of benzene rings is 1. The number of fused-ring (bicyclic) bond motifs is 3. The molecule has 5 unspecified atom stereocenters. The number of anilines is 1. The van der Waals surface area contributed by atoms with E-state index in [0.29, 0.717) is 11.6 Å². The van der Waals surface area contributed by atoms with Gasteiger partial charge in [0.1, 0.15) is 23.5 Å². The van der Waals surface area contributed by atoms with E-state index < -0.39 is 23.8 Å². The molecule has 5 atom stereocenters. The van der Waals surface area contributed by atoms with Crippen molar-refractivity contribution in [2.24, 2.45) is 5.92 Å². The number of likely N-dealkylation sites (tertiary alicyclic amines) is 1. The summed E-state index contributed by atoms with van der Waals surface area (Å²) in [6.07, 6.45) is 5.53. The second-order valence-electron chi connectivity index (χ2n) is 12.4. The van der Waals surface area contributed by atoms with Gasteiger partial charge in [-0.25, -0.2) is 9.18 Å². The first-order chi connectivity index (χ1) is 18.1. The number of nitrogens with zero attached hydrogens (tertiary/aromatic N) is 4. The third-order valence-corrected chi connectivity index (χ3v) is 8.56. The fourth-order valence-electron chi connectivity index (χ4n) is 6.85. The average Bonchev–Trinajstić information content (AvgIpc) is 3.57. The van der Waals surface area contributed by atoms with Gasteiger partial charge in [0.25, 0.3) is 0 Å². The van der Waals surface area contributed by atoms with Gasteiger partial charge in [-0.3, -0.25) is 14.6 Å². The van der Waals surface area contributed by atoms with Crippen molar-refractivity contribution in [3.05, 3.63) is 29.6 Å². The van der Waals surface area contributed by atoms with Crippen LogP contribution in [0.15, 0.2) is 18.2 Å². The summed E-state index contributed by atoms with van der Waals surface area (Å²) in [7, 11) is 0. The number of halogens is 1. The van der Waals surface area contributed by atoms with Crippen LogP contribution < -0.4 is 10.2 Å². The van der Waals surface area contributed by atoms with Crippen molar-refractivity contribution >= 4 is 17.7 Å². The highest BCUT2D eigenvalue weighted by atomic mass is 19.1. The molecule has 4 aliphatic rings. The topological polar surface area (TPSA) is 88.9 Å². The third kappa shape index (κ3) is 5.61. The van der Waals surface area contributed by atoms with Gasteiger partial charge in [0.15, 0.2) is 0 Å². The molecular formula is C29H40FN5O3. The molecule has 2 bridgehead atoms. The second-order valence-corrected chi connectivity index (χ2v) is 12.4. The molecule has 2 amide bonds. The molecule has 9 heteroatoms. The zero-order chi connectivity index (χ0) is 27.0. The molecule has 206 valence electrons. The number of piperidine rings is 1. The van der Waals surface area contributed by atoms with Crippen molar-refractivity contribution in [1.82, 2.24) is 15.1 Å². The minimum Gasteiger partial charge on any atom is -0.444 e. The summed E-state index contributed by atoms with van der Waals surface area (Å²) in [4.78, 5) is 32.6. The van der Waals surface area contributed by atoms with E-state index in [9.17, 15) is 14.9 Å². The predicted molar refractivity (Wildman–Crippen MR) is 142 cm³/mol. The first kappa shape index (κ1) is 26.7. The van der Waals surface area contributed by atoms with Crippen molar-refractivity contribution in [3.8, 4) is 6.07 Å². The average molecular weight is 526 g/mol. The summed E-state index contributed by atoms with van der Waals surface area (Å²) in [5.74, 6) is -0.676. The number of carbonyl (C=O) groups excluding carboxylic acids is 2. The Morgan fingerprint density at radius 2 is 1.95 bits per heavy atom. The fourth-order valence-corrected chi connectivity index (χ4v) is 6.85. The van der Waals surface area contributed by atoms with E-state index in [1.54, 1.807) is 37.8 Å². The molecule has 0 spiro atoms. The van der Waals surface area contributed by atoms with Crippen molar-refractivity contribution in [3.63, 3.8) is 0 Å². The Morgan fingerprint density at radius 3 is 2.68 bits per heavy atom. The summed E-state index contributed by atoms with van der Waals surface area (Å²) in [6.45, 7) is 9.47. The van der Waals surface area contributed by atoms with Crippen LogP contribution in [0.2, 0.25) is 0 Å². The zero-order valence-corrected chi connectivity index (χ0v) is 22.8. The maximum absolute atomic E-state index is 15.2. The second kappa shape index (κ2) is 10.7. The highest BCUT2D eigenvalue weighted by Gasteiger charge is 2.52. The van der Waals surface area contributed by atoms with E-state index in [0.717, 1.165) is 57.5 Å². The quantitative estimate of drug-likeness (QED) is 0.629. The molecule has 38 heavy (non-hydrogen) atoms. The van der Waals surface area contributed by atoms with E-state index in [1.807, 2.05) is 6.07 Å². The SMILES string of the molecule is CC(C)(C)OC(=O)N1C2CCC(C2)C1C(=O)NC(C#N)Cc1ccc(N2CCCN3CCCC3C2)cc1F. The highest BCUT2D eigenvalue weighted by molar-refractivity contribution is 5.87. The molecule has 1 aliphatic carbocycles. The Morgan fingerprint density at radius 1 is 1.16 bits per heavy atom. The highest BCUT2D eigenvalue weighted by Crippen LogP contribution is 2.43. The Hall–Kier alpha value is -2.86. The van der Waals surface area contributed by atoms with Crippen LogP contribution in [0, 0.1) is 23.1 Å². The Kier molecular flexibility index (Phi) is 7.54. The zero-order valence-electron chi connectivity index (χ0n) is 22.8. The summed E-state index contributed by atoms with van der Waals surface area (Å²) < 4.78 is 20.8. The number of amides is 2. The minimum absolute atomic E-state index is 0.0218. The van der Waals surface area contributed by atoms with Crippen LogP contribution in [-0.2, 0) is 16.0 Å². The van der Waals surface area contributed by atoms with E-state index in [-0.39, 0.29) is 30.1 Å². The lowest BCUT2D eigenvalue weighted by Gasteiger charge is -2.35. The largest absolute Gasteiger partial charge is 0.444 e. The molecule has 1 aromatic rings. The number of hydrogen-bond donors (Lipinski definition) is 1. The van der Waals surface area contributed by atoms with Crippen LogP contribution in [-0.4, -0.2) is 77.7 Å². The predicted octanol–water partition coefficient (Wildman–Crippen LogP) is 3.84. The standard InChI is InChI=1S/C29H40FN5O3/c1-29(2,3)38-28(37)35-23-10-8-20(15-23)26(35)27(36)32-21(17-31)14-19-7-9-22(16-25(19)30)34-13-5-12-33-11-4-6-24(33)18-34/h7,9,16,20-21,23-24,26H,4-6,8,10-15,18H2,1-3H3,(H,32,36). The van der Waals surface area contributed by atoms with Gasteiger partial charge in [-0.1, -0.05) is 6.07 Å². The van der Waals surface area contributed by atoms with Gasteiger partial charge in [-0.15, -0.1) is 0 Å².